The summed E-state index contributed by atoms with van der Waals surface area (Å²) in [5.41, 5.74) is -0.151. The zero-order chi connectivity index (χ0) is 13.1. The van der Waals surface area contributed by atoms with E-state index in [1.807, 2.05) is 0 Å². The Hall–Kier alpha value is -2.08. The van der Waals surface area contributed by atoms with E-state index in [9.17, 15) is 13.6 Å². The maximum Gasteiger partial charge on any atom is 0.257 e. The van der Waals surface area contributed by atoms with E-state index in [0.717, 1.165) is 18.5 Å². The van der Waals surface area contributed by atoms with Crippen molar-refractivity contribution in [2.24, 2.45) is 0 Å². The topological polar surface area (TPSA) is 54.9 Å². The highest BCUT2D eigenvalue weighted by Crippen LogP contribution is 2.12. The maximum atomic E-state index is 12.9. The van der Waals surface area contributed by atoms with Gasteiger partial charge in [-0.3, -0.25) is 4.79 Å². The largest absolute Gasteiger partial charge is 0.306 e. The molecule has 0 bridgehead atoms. The van der Waals surface area contributed by atoms with E-state index in [1.165, 1.54) is 6.07 Å². The van der Waals surface area contributed by atoms with Crippen molar-refractivity contribution in [1.29, 1.82) is 0 Å². The van der Waals surface area contributed by atoms with Gasteiger partial charge in [0.2, 0.25) is 0 Å². The fourth-order valence-electron chi connectivity index (χ4n) is 1.28. The third-order valence-corrected chi connectivity index (χ3v) is 2.21. The number of benzene rings is 1. The lowest BCUT2D eigenvalue weighted by molar-refractivity contribution is 0.102. The number of nitrogens with zero attached hydrogens (tertiary/aromatic N) is 2. The molecule has 0 aliphatic heterocycles. The Kier molecular flexibility index (Phi) is 3.47. The Bertz CT molecular complexity index is 586. The number of anilines is 1. The Morgan fingerprint density at radius 3 is 2.39 bits per heavy atom. The highest BCUT2D eigenvalue weighted by atomic mass is 35.5. The monoisotopic (exact) mass is 269 g/mol. The highest BCUT2D eigenvalue weighted by molar-refractivity contribution is 6.29. The second-order valence-electron chi connectivity index (χ2n) is 3.34. The van der Waals surface area contributed by atoms with E-state index in [0.29, 0.717) is 6.07 Å². The van der Waals surface area contributed by atoms with Crippen LogP contribution in [0.2, 0.25) is 5.15 Å². The van der Waals surface area contributed by atoms with Gasteiger partial charge in [-0.05, 0) is 12.1 Å². The van der Waals surface area contributed by atoms with Crippen molar-refractivity contribution in [1.82, 2.24) is 9.97 Å². The molecule has 0 spiro atoms. The van der Waals surface area contributed by atoms with Gasteiger partial charge in [0.1, 0.15) is 28.9 Å². The van der Waals surface area contributed by atoms with Crippen LogP contribution in [0.3, 0.4) is 0 Å². The Balaban J connectivity index is 2.22. The number of hydrogen-bond acceptors (Lipinski definition) is 3. The molecular weight excluding hydrogens is 264 g/mol. The van der Waals surface area contributed by atoms with Crippen molar-refractivity contribution in [2.75, 3.05) is 5.32 Å². The standard InChI is InChI=1S/C11H6ClF2N3O/c12-9-4-10(16-5-15-9)17-11(18)6-1-7(13)3-8(14)2-6/h1-5H,(H,15,16,17,18). The van der Waals surface area contributed by atoms with E-state index in [-0.39, 0.29) is 16.5 Å². The summed E-state index contributed by atoms with van der Waals surface area (Å²) in [7, 11) is 0. The quantitative estimate of drug-likeness (QED) is 0.853. The number of carbonyl (C=O) groups is 1. The van der Waals surface area contributed by atoms with Crippen LogP contribution in [0, 0.1) is 11.6 Å². The molecule has 2 rings (SSSR count). The van der Waals surface area contributed by atoms with Crippen LogP contribution in [0.4, 0.5) is 14.6 Å². The van der Waals surface area contributed by atoms with Crippen molar-refractivity contribution in [2.45, 2.75) is 0 Å². The molecule has 0 atom stereocenters. The molecule has 0 radical (unpaired) electrons. The molecule has 0 aliphatic carbocycles. The summed E-state index contributed by atoms with van der Waals surface area (Å²) in [6, 6.07) is 3.83. The summed E-state index contributed by atoms with van der Waals surface area (Å²) < 4.78 is 25.8. The smallest absolute Gasteiger partial charge is 0.257 e. The Morgan fingerprint density at radius 2 is 1.78 bits per heavy atom. The van der Waals surface area contributed by atoms with Crippen LogP contribution >= 0.6 is 11.6 Å². The lowest BCUT2D eigenvalue weighted by atomic mass is 10.2. The van der Waals surface area contributed by atoms with Crippen molar-refractivity contribution < 1.29 is 13.6 Å². The SMILES string of the molecule is O=C(Nc1cc(Cl)ncn1)c1cc(F)cc(F)c1. The predicted octanol–water partition coefficient (Wildman–Crippen LogP) is 2.66. The predicted molar refractivity (Wildman–Crippen MR) is 61.4 cm³/mol. The zero-order valence-corrected chi connectivity index (χ0v) is 9.58. The lowest BCUT2D eigenvalue weighted by Gasteiger charge is -2.04. The fourth-order valence-corrected chi connectivity index (χ4v) is 1.42. The van der Waals surface area contributed by atoms with Crippen LogP contribution in [-0.2, 0) is 0 Å². The molecule has 92 valence electrons. The van der Waals surface area contributed by atoms with Gasteiger partial charge in [-0.1, -0.05) is 11.6 Å². The third-order valence-electron chi connectivity index (χ3n) is 2.00. The van der Waals surface area contributed by atoms with E-state index < -0.39 is 17.5 Å². The van der Waals surface area contributed by atoms with Gasteiger partial charge in [0.25, 0.3) is 5.91 Å². The minimum atomic E-state index is -0.833. The van der Waals surface area contributed by atoms with E-state index in [2.05, 4.69) is 15.3 Å². The molecule has 0 saturated heterocycles. The number of amides is 1. The van der Waals surface area contributed by atoms with Gasteiger partial charge in [-0.2, -0.15) is 0 Å². The fraction of sp³-hybridized carbons (Fsp3) is 0. The number of hydrogen-bond donors (Lipinski definition) is 1. The average molecular weight is 270 g/mol. The average Bonchev–Trinajstić information content (AvgIpc) is 2.27. The molecule has 1 aromatic carbocycles. The molecule has 1 N–H and O–H groups in total. The van der Waals surface area contributed by atoms with Gasteiger partial charge in [-0.25, -0.2) is 18.7 Å². The highest BCUT2D eigenvalue weighted by Gasteiger charge is 2.10. The van der Waals surface area contributed by atoms with Gasteiger partial charge in [0.05, 0.1) is 0 Å². The van der Waals surface area contributed by atoms with Gasteiger partial charge in [0.15, 0.2) is 0 Å². The second-order valence-corrected chi connectivity index (χ2v) is 3.73. The molecular formula is C11H6ClF2N3O. The zero-order valence-electron chi connectivity index (χ0n) is 8.82. The number of halogens is 3. The summed E-state index contributed by atoms with van der Waals surface area (Å²) >= 11 is 5.60. The van der Waals surface area contributed by atoms with E-state index in [4.69, 9.17) is 11.6 Å². The summed E-state index contributed by atoms with van der Waals surface area (Å²) in [5, 5.41) is 2.49. The number of carbonyl (C=O) groups excluding carboxylic acids is 1. The minimum Gasteiger partial charge on any atom is -0.306 e. The maximum absolute atomic E-state index is 12.9. The molecule has 0 unspecified atom stereocenters. The van der Waals surface area contributed by atoms with Gasteiger partial charge in [0, 0.05) is 17.7 Å². The first-order chi connectivity index (χ1) is 8.54. The molecule has 18 heavy (non-hydrogen) atoms. The molecule has 4 nitrogen and oxygen atoms in total. The number of rotatable bonds is 2. The minimum absolute atomic E-state index is 0.143. The van der Waals surface area contributed by atoms with Gasteiger partial charge in [-0.15, -0.1) is 0 Å². The molecule has 0 fully saturated rings. The van der Waals surface area contributed by atoms with Crippen molar-refractivity contribution in [3.63, 3.8) is 0 Å². The van der Waals surface area contributed by atoms with E-state index in [1.54, 1.807) is 0 Å². The third kappa shape index (κ3) is 2.98. The summed E-state index contributed by atoms with van der Waals surface area (Å²) in [5.74, 6) is -2.21. The first kappa shape index (κ1) is 12.4. The summed E-state index contributed by atoms with van der Waals surface area (Å²) in [6.45, 7) is 0. The summed E-state index contributed by atoms with van der Waals surface area (Å²) in [6.07, 6.45) is 1.16. The molecule has 0 aliphatic rings. The van der Waals surface area contributed by atoms with Gasteiger partial charge < -0.3 is 5.32 Å². The van der Waals surface area contributed by atoms with Crippen LogP contribution in [0.15, 0.2) is 30.6 Å². The van der Waals surface area contributed by atoms with Crippen LogP contribution in [0.25, 0.3) is 0 Å². The molecule has 1 amide bonds. The molecule has 0 saturated carbocycles. The first-order valence-electron chi connectivity index (χ1n) is 4.79. The van der Waals surface area contributed by atoms with E-state index >= 15 is 0 Å². The molecule has 2 aromatic rings. The molecule has 1 heterocycles. The Labute approximate surface area is 106 Å². The van der Waals surface area contributed by atoms with Crippen LogP contribution in [-0.4, -0.2) is 15.9 Å². The van der Waals surface area contributed by atoms with Crippen LogP contribution in [0.5, 0.6) is 0 Å². The first-order valence-corrected chi connectivity index (χ1v) is 5.17. The van der Waals surface area contributed by atoms with Crippen molar-refractivity contribution in [3.8, 4) is 0 Å². The number of nitrogens with one attached hydrogen (secondary N) is 1. The molecule has 1 aromatic heterocycles. The van der Waals surface area contributed by atoms with Gasteiger partial charge >= 0.3 is 0 Å². The lowest BCUT2D eigenvalue weighted by Crippen LogP contribution is -2.13. The van der Waals surface area contributed by atoms with Crippen LogP contribution in [0.1, 0.15) is 10.4 Å². The number of aromatic nitrogens is 2. The molecule has 7 heteroatoms. The van der Waals surface area contributed by atoms with Crippen LogP contribution < -0.4 is 5.32 Å². The summed E-state index contributed by atoms with van der Waals surface area (Å²) in [4.78, 5) is 19.0. The Morgan fingerprint density at radius 1 is 1.11 bits per heavy atom. The van der Waals surface area contributed by atoms with Crippen molar-refractivity contribution in [3.05, 3.63) is 52.9 Å². The normalized spacial score (nSPS) is 10.2. The second kappa shape index (κ2) is 5.05. The van der Waals surface area contributed by atoms with Crippen molar-refractivity contribution >= 4 is 23.3 Å².